The van der Waals surface area contributed by atoms with Crippen molar-refractivity contribution in [1.82, 2.24) is 5.32 Å². The Hall–Kier alpha value is -0.820. The predicted octanol–water partition coefficient (Wildman–Crippen LogP) is 3.67. The summed E-state index contributed by atoms with van der Waals surface area (Å²) in [6, 6.07) is 5.27. The summed E-state index contributed by atoms with van der Waals surface area (Å²) >= 11 is 0. The Morgan fingerprint density at radius 1 is 1.06 bits per heavy atom. The van der Waals surface area contributed by atoms with Gasteiger partial charge < -0.3 is 5.32 Å². The van der Waals surface area contributed by atoms with E-state index in [2.05, 4.69) is 45.1 Å². The molecule has 2 rings (SSSR count). The molecule has 1 aliphatic heterocycles. The van der Waals surface area contributed by atoms with Gasteiger partial charge in [-0.3, -0.25) is 0 Å². The van der Waals surface area contributed by atoms with Gasteiger partial charge in [-0.15, -0.1) is 0 Å². The molecular formula is C15H23N. The molecule has 1 fully saturated rings. The zero-order valence-corrected chi connectivity index (χ0v) is 10.9. The molecule has 16 heavy (non-hydrogen) atoms. The number of benzene rings is 1. The van der Waals surface area contributed by atoms with Gasteiger partial charge in [0.05, 0.1) is 0 Å². The molecule has 0 saturated carbocycles. The number of aryl methyl sites for hydroxylation is 3. The van der Waals surface area contributed by atoms with Crippen LogP contribution in [0, 0.1) is 26.7 Å². The molecule has 1 aromatic carbocycles. The molecule has 2 atom stereocenters. The molecular weight excluding hydrogens is 194 g/mol. The topological polar surface area (TPSA) is 12.0 Å². The summed E-state index contributed by atoms with van der Waals surface area (Å²) in [5.74, 6) is 0.854. The van der Waals surface area contributed by atoms with E-state index in [4.69, 9.17) is 0 Å². The van der Waals surface area contributed by atoms with Gasteiger partial charge in [0.15, 0.2) is 0 Å². The zero-order chi connectivity index (χ0) is 11.7. The second kappa shape index (κ2) is 4.58. The highest BCUT2D eigenvalue weighted by atomic mass is 14.9. The summed E-state index contributed by atoms with van der Waals surface area (Å²) in [5, 5.41) is 3.65. The molecule has 1 heteroatoms. The summed E-state index contributed by atoms with van der Waals surface area (Å²) in [5.41, 5.74) is 5.77. The van der Waals surface area contributed by atoms with Crippen LogP contribution in [0.25, 0.3) is 0 Å². The van der Waals surface area contributed by atoms with Crippen LogP contribution in [0.4, 0.5) is 0 Å². The van der Waals surface area contributed by atoms with Crippen LogP contribution < -0.4 is 5.32 Å². The minimum atomic E-state index is 0.572. The Labute approximate surface area is 99.3 Å². The summed E-state index contributed by atoms with van der Waals surface area (Å²) in [7, 11) is 0. The number of rotatable bonds is 1. The van der Waals surface area contributed by atoms with E-state index in [0.29, 0.717) is 6.04 Å². The Kier molecular flexibility index (Phi) is 3.34. The van der Waals surface area contributed by atoms with Crippen LogP contribution >= 0.6 is 0 Å². The van der Waals surface area contributed by atoms with Crippen LogP contribution in [0.15, 0.2) is 12.1 Å². The van der Waals surface area contributed by atoms with Crippen molar-refractivity contribution in [1.29, 1.82) is 0 Å². The summed E-state index contributed by atoms with van der Waals surface area (Å²) in [6.45, 7) is 10.2. The molecule has 1 nitrogen and oxygen atoms in total. The van der Waals surface area contributed by atoms with Crippen molar-refractivity contribution in [2.75, 3.05) is 6.54 Å². The number of nitrogens with one attached hydrogen (secondary N) is 1. The molecule has 1 aliphatic rings. The van der Waals surface area contributed by atoms with Gasteiger partial charge in [0.2, 0.25) is 0 Å². The van der Waals surface area contributed by atoms with E-state index < -0.39 is 0 Å². The second-order valence-electron chi connectivity index (χ2n) is 5.43. The molecule has 1 saturated heterocycles. The van der Waals surface area contributed by atoms with Crippen molar-refractivity contribution in [3.8, 4) is 0 Å². The highest BCUT2D eigenvalue weighted by molar-refractivity contribution is 5.38. The van der Waals surface area contributed by atoms with Crippen LogP contribution in [0.1, 0.15) is 48.1 Å². The summed E-state index contributed by atoms with van der Waals surface area (Å²) in [4.78, 5) is 0. The Balaban J connectivity index is 2.29. The third-order valence-electron chi connectivity index (χ3n) is 3.92. The standard InChI is InChI=1S/C15H23N/c1-10-5-6-16-15(7-10)14-9-12(3)11(2)8-13(14)4/h8-10,15-16H,5-7H2,1-4H3. The molecule has 0 radical (unpaired) electrons. The average Bonchev–Trinajstić information content (AvgIpc) is 2.23. The minimum Gasteiger partial charge on any atom is -0.310 e. The van der Waals surface area contributed by atoms with E-state index in [1.165, 1.54) is 35.1 Å². The summed E-state index contributed by atoms with van der Waals surface area (Å²) < 4.78 is 0. The lowest BCUT2D eigenvalue weighted by Crippen LogP contribution is -2.31. The van der Waals surface area contributed by atoms with Gasteiger partial charge in [-0.1, -0.05) is 19.1 Å². The molecule has 0 spiro atoms. The molecule has 0 bridgehead atoms. The summed E-state index contributed by atoms with van der Waals surface area (Å²) in [6.07, 6.45) is 2.60. The van der Waals surface area contributed by atoms with Gasteiger partial charge in [0.25, 0.3) is 0 Å². The lowest BCUT2D eigenvalue weighted by molar-refractivity contribution is 0.324. The van der Waals surface area contributed by atoms with E-state index in [0.717, 1.165) is 12.5 Å². The lowest BCUT2D eigenvalue weighted by Gasteiger charge is -2.30. The molecule has 0 amide bonds. The van der Waals surface area contributed by atoms with Crippen LogP contribution in [0.2, 0.25) is 0 Å². The van der Waals surface area contributed by atoms with Gasteiger partial charge in [-0.05, 0) is 68.3 Å². The SMILES string of the molecule is Cc1cc(C)c(C2CC(C)CCN2)cc1C. The third-order valence-corrected chi connectivity index (χ3v) is 3.92. The molecule has 88 valence electrons. The van der Waals surface area contributed by atoms with Crippen LogP contribution in [0.5, 0.6) is 0 Å². The largest absolute Gasteiger partial charge is 0.310 e. The van der Waals surface area contributed by atoms with Crippen LogP contribution in [-0.2, 0) is 0 Å². The monoisotopic (exact) mass is 217 g/mol. The van der Waals surface area contributed by atoms with Crippen molar-refractivity contribution in [2.45, 2.75) is 46.6 Å². The van der Waals surface area contributed by atoms with Gasteiger partial charge in [0.1, 0.15) is 0 Å². The van der Waals surface area contributed by atoms with Crippen molar-refractivity contribution in [3.63, 3.8) is 0 Å². The molecule has 1 N–H and O–H groups in total. The maximum Gasteiger partial charge on any atom is 0.0325 e. The molecule has 1 heterocycles. The smallest absolute Gasteiger partial charge is 0.0325 e. The van der Waals surface area contributed by atoms with Gasteiger partial charge in [-0.2, -0.15) is 0 Å². The van der Waals surface area contributed by atoms with E-state index in [1.807, 2.05) is 0 Å². The van der Waals surface area contributed by atoms with Crippen molar-refractivity contribution < 1.29 is 0 Å². The first-order chi connectivity index (χ1) is 7.58. The average molecular weight is 217 g/mol. The highest BCUT2D eigenvalue weighted by Gasteiger charge is 2.21. The fraction of sp³-hybridized carbons (Fsp3) is 0.600. The predicted molar refractivity (Wildman–Crippen MR) is 69.8 cm³/mol. The van der Waals surface area contributed by atoms with Crippen LogP contribution in [-0.4, -0.2) is 6.54 Å². The van der Waals surface area contributed by atoms with E-state index >= 15 is 0 Å². The van der Waals surface area contributed by atoms with E-state index in [9.17, 15) is 0 Å². The highest BCUT2D eigenvalue weighted by Crippen LogP contribution is 2.30. The number of hydrogen-bond donors (Lipinski definition) is 1. The Morgan fingerprint density at radius 3 is 2.44 bits per heavy atom. The van der Waals surface area contributed by atoms with Gasteiger partial charge in [0, 0.05) is 6.04 Å². The van der Waals surface area contributed by atoms with Crippen molar-refractivity contribution in [3.05, 3.63) is 34.4 Å². The molecule has 1 aromatic rings. The molecule has 2 unspecified atom stereocenters. The van der Waals surface area contributed by atoms with E-state index in [-0.39, 0.29) is 0 Å². The molecule has 0 aromatic heterocycles. The maximum absolute atomic E-state index is 3.65. The fourth-order valence-corrected chi connectivity index (χ4v) is 2.70. The first kappa shape index (κ1) is 11.7. The molecule has 0 aliphatic carbocycles. The normalized spacial score (nSPS) is 25.8. The first-order valence-corrected chi connectivity index (χ1v) is 6.39. The maximum atomic E-state index is 3.65. The lowest BCUT2D eigenvalue weighted by atomic mass is 9.87. The van der Waals surface area contributed by atoms with Crippen LogP contribution in [0.3, 0.4) is 0 Å². The Morgan fingerprint density at radius 2 is 1.75 bits per heavy atom. The number of piperidine rings is 1. The number of hydrogen-bond acceptors (Lipinski definition) is 1. The quantitative estimate of drug-likeness (QED) is 0.757. The first-order valence-electron chi connectivity index (χ1n) is 6.39. The zero-order valence-electron chi connectivity index (χ0n) is 10.9. The second-order valence-corrected chi connectivity index (χ2v) is 5.43. The Bertz CT molecular complexity index is 381. The van der Waals surface area contributed by atoms with Crippen molar-refractivity contribution >= 4 is 0 Å². The van der Waals surface area contributed by atoms with E-state index in [1.54, 1.807) is 0 Å². The van der Waals surface area contributed by atoms with Crippen molar-refractivity contribution in [2.24, 2.45) is 5.92 Å². The van der Waals surface area contributed by atoms with Gasteiger partial charge >= 0.3 is 0 Å². The fourth-order valence-electron chi connectivity index (χ4n) is 2.70. The third kappa shape index (κ3) is 2.30. The minimum absolute atomic E-state index is 0.572. The van der Waals surface area contributed by atoms with Gasteiger partial charge in [-0.25, -0.2) is 0 Å².